The molecular weight excluding hydrogens is 244 g/mol. The molecule has 1 aromatic heterocycles. The number of methoxy groups -OCH3 is 1. The molecular formula is C14H26N2OS. The summed E-state index contributed by atoms with van der Waals surface area (Å²) in [4.78, 5) is 6.18. The fraction of sp³-hybridized carbons (Fsp3) is 0.786. The summed E-state index contributed by atoms with van der Waals surface area (Å²) in [6.45, 7) is 10.6. The zero-order valence-electron chi connectivity index (χ0n) is 12.3. The molecule has 104 valence electrons. The van der Waals surface area contributed by atoms with E-state index in [-0.39, 0.29) is 5.60 Å². The van der Waals surface area contributed by atoms with Crippen molar-refractivity contribution in [3.63, 3.8) is 0 Å². The van der Waals surface area contributed by atoms with Gasteiger partial charge in [0.1, 0.15) is 10.6 Å². The van der Waals surface area contributed by atoms with E-state index in [4.69, 9.17) is 9.72 Å². The van der Waals surface area contributed by atoms with Crippen molar-refractivity contribution >= 4 is 11.3 Å². The molecule has 0 amide bonds. The maximum absolute atomic E-state index is 5.77. The summed E-state index contributed by atoms with van der Waals surface area (Å²) in [5, 5.41) is 4.53. The largest absolute Gasteiger partial charge is 0.371 e. The van der Waals surface area contributed by atoms with E-state index < -0.39 is 0 Å². The Morgan fingerprint density at radius 2 is 1.89 bits per heavy atom. The topological polar surface area (TPSA) is 34.1 Å². The van der Waals surface area contributed by atoms with E-state index in [1.807, 2.05) is 0 Å². The molecule has 0 aliphatic heterocycles. The van der Waals surface area contributed by atoms with Gasteiger partial charge in [0.05, 0.1) is 5.69 Å². The normalized spacial score (nSPS) is 12.1. The molecule has 0 aliphatic rings. The molecule has 18 heavy (non-hydrogen) atoms. The summed E-state index contributed by atoms with van der Waals surface area (Å²) in [5.41, 5.74) is 1.03. The Bertz CT molecular complexity index is 350. The minimum absolute atomic E-state index is 0.195. The fourth-order valence-corrected chi connectivity index (χ4v) is 3.59. The Morgan fingerprint density at radius 3 is 2.33 bits per heavy atom. The maximum Gasteiger partial charge on any atom is 0.125 e. The maximum atomic E-state index is 5.77. The van der Waals surface area contributed by atoms with Crippen LogP contribution in [0.1, 0.15) is 56.1 Å². The van der Waals surface area contributed by atoms with Crippen LogP contribution < -0.4 is 5.32 Å². The molecule has 1 N–H and O–H groups in total. The zero-order valence-corrected chi connectivity index (χ0v) is 13.1. The molecule has 1 heterocycles. The Labute approximate surface area is 115 Å². The highest BCUT2D eigenvalue weighted by molar-refractivity contribution is 7.11. The predicted molar refractivity (Wildman–Crippen MR) is 78.1 cm³/mol. The van der Waals surface area contributed by atoms with Crippen LogP contribution >= 0.6 is 11.3 Å². The number of nitrogens with one attached hydrogen (secondary N) is 1. The van der Waals surface area contributed by atoms with Gasteiger partial charge < -0.3 is 10.1 Å². The first kappa shape index (κ1) is 15.6. The molecule has 4 heteroatoms. The van der Waals surface area contributed by atoms with Crippen molar-refractivity contribution in [2.75, 3.05) is 13.7 Å². The van der Waals surface area contributed by atoms with E-state index in [9.17, 15) is 0 Å². The van der Waals surface area contributed by atoms with Crippen molar-refractivity contribution in [1.82, 2.24) is 10.3 Å². The number of hydrogen-bond acceptors (Lipinski definition) is 4. The summed E-state index contributed by atoms with van der Waals surface area (Å²) in [5.74, 6) is 0. The van der Waals surface area contributed by atoms with Crippen molar-refractivity contribution in [2.24, 2.45) is 0 Å². The average molecular weight is 270 g/mol. The smallest absolute Gasteiger partial charge is 0.125 e. The van der Waals surface area contributed by atoms with E-state index in [0.717, 1.165) is 37.4 Å². The zero-order chi connectivity index (χ0) is 13.6. The average Bonchev–Trinajstić information content (AvgIpc) is 2.83. The van der Waals surface area contributed by atoms with Crippen LogP contribution in [-0.2, 0) is 23.3 Å². The Kier molecular flexibility index (Phi) is 6.26. The van der Waals surface area contributed by atoms with Gasteiger partial charge in [0, 0.05) is 18.5 Å². The first-order valence-electron chi connectivity index (χ1n) is 6.92. The number of nitrogens with zero attached hydrogens (tertiary/aromatic N) is 1. The number of hydrogen-bond donors (Lipinski definition) is 1. The molecule has 0 atom stereocenters. The van der Waals surface area contributed by atoms with E-state index in [1.165, 1.54) is 10.6 Å². The number of aryl methyl sites for hydroxylation is 1. The van der Waals surface area contributed by atoms with Crippen LogP contribution in [0.15, 0.2) is 0 Å². The molecule has 0 aliphatic carbocycles. The SMILES string of the molecule is CCNCc1sc(C(CC)(CC)OC)nc1CC. The standard InChI is InChI=1S/C14H26N2OS/c1-6-11-12(10-15-9-4)18-13(16-11)14(7-2,8-3)17-5/h15H,6-10H2,1-5H3. The molecule has 0 aromatic carbocycles. The Hall–Kier alpha value is -0.450. The van der Waals surface area contributed by atoms with Crippen LogP contribution in [0, 0.1) is 0 Å². The number of thiazole rings is 1. The molecule has 0 radical (unpaired) electrons. The summed E-state index contributed by atoms with van der Waals surface area (Å²) in [6, 6.07) is 0. The molecule has 1 rings (SSSR count). The number of ether oxygens (including phenoxy) is 1. The monoisotopic (exact) mass is 270 g/mol. The third kappa shape index (κ3) is 3.11. The molecule has 1 aromatic rings. The van der Waals surface area contributed by atoms with Crippen molar-refractivity contribution in [2.45, 2.75) is 59.1 Å². The first-order chi connectivity index (χ1) is 8.67. The number of rotatable bonds is 8. The summed E-state index contributed by atoms with van der Waals surface area (Å²) >= 11 is 1.81. The Balaban J connectivity index is 3.05. The minimum atomic E-state index is -0.195. The molecule has 0 unspecified atom stereocenters. The quantitative estimate of drug-likeness (QED) is 0.785. The summed E-state index contributed by atoms with van der Waals surface area (Å²) in [7, 11) is 1.80. The lowest BCUT2D eigenvalue weighted by molar-refractivity contribution is -0.0219. The van der Waals surface area contributed by atoms with Gasteiger partial charge in [-0.15, -0.1) is 11.3 Å². The van der Waals surface area contributed by atoms with Gasteiger partial charge in [-0.3, -0.25) is 0 Å². The van der Waals surface area contributed by atoms with Gasteiger partial charge in [0.15, 0.2) is 0 Å². The fourth-order valence-electron chi connectivity index (χ4n) is 2.16. The van der Waals surface area contributed by atoms with Crippen molar-refractivity contribution in [3.05, 3.63) is 15.6 Å². The lowest BCUT2D eigenvalue weighted by Crippen LogP contribution is -2.26. The highest BCUT2D eigenvalue weighted by Crippen LogP contribution is 2.36. The van der Waals surface area contributed by atoms with Crippen molar-refractivity contribution < 1.29 is 4.74 Å². The van der Waals surface area contributed by atoms with E-state index in [1.54, 1.807) is 18.4 Å². The van der Waals surface area contributed by atoms with Gasteiger partial charge in [-0.2, -0.15) is 0 Å². The van der Waals surface area contributed by atoms with Gasteiger partial charge >= 0.3 is 0 Å². The molecule has 0 spiro atoms. The van der Waals surface area contributed by atoms with Crippen LogP contribution in [-0.4, -0.2) is 18.6 Å². The predicted octanol–water partition coefficient (Wildman–Crippen LogP) is 3.48. The van der Waals surface area contributed by atoms with Crippen LogP contribution in [0.4, 0.5) is 0 Å². The van der Waals surface area contributed by atoms with Gasteiger partial charge in [0.25, 0.3) is 0 Å². The van der Waals surface area contributed by atoms with E-state index in [0.29, 0.717) is 0 Å². The third-order valence-electron chi connectivity index (χ3n) is 3.57. The van der Waals surface area contributed by atoms with Crippen LogP contribution in [0.5, 0.6) is 0 Å². The minimum Gasteiger partial charge on any atom is -0.371 e. The van der Waals surface area contributed by atoms with Gasteiger partial charge in [0.2, 0.25) is 0 Å². The van der Waals surface area contributed by atoms with Crippen molar-refractivity contribution in [1.29, 1.82) is 0 Å². The number of aromatic nitrogens is 1. The van der Waals surface area contributed by atoms with Crippen LogP contribution in [0.25, 0.3) is 0 Å². The molecule has 0 saturated heterocycles. The molecule has 0 saturated carbocycles. The second kappa shape index (κ2) is 7.22. The lowest BCUT2D eigenvalue weighted by Gasteiger charge is -2.27. The third-order valence-corrected chi connectivity index (χ3v) is 4.85. The van der Waals surface area contributed by atoms with Crippen molar-refractivity contribution in [3.8, 4) is 0 Å². The van der Waals surface area contributed by atoms with Gasteiger partial charge in [-0.05, 0) is 25.8 Å². The van der Waals surface area contributed by atoms with E-state index >= 15 is 0 Å². The second-order valence-corrected chi connectivity index (χ2v) is 5.51. The second-order valence-electron chi connectivity index (χ2n) is 4.43. The molecule has 0 bridgehead atoms. The summed E-state index contributed by atoms with van der Waals surface area (Å²) < 4.78 is 5.77. The molecule has 0 fully saturated rings. The lowest BCUT2D eigenvalue weighted by atomic mass is 9.98. The van der Waals surface area contributed by atoms with Crippen LogP contribution in [0.3, 0.4) is 0 Å². The summed E-state index contributed by atoms with van der Waals surface area (Å²) in [6.07, 6.45) is 2.93. The van der Waals surface area contributed by atoms with Gasteiger partial charge in [-0.1, -0.05) is 27.7 Å². The van der Waals surface area contributed by atoms with E-state index in [2.05, 4.69) is 33.0 Å². The highest BCUT2D eigenvalue weighted by atomic mass is 32.1. The molecule has 3 nitrogen and oxygen atoms in total. The van der Waals surface area contributed by atoms with Crippen LogP contribution in [0.2, 0.25) is 0 Å². The van der Waals surface area contributed by atoms with Gasteiger partial charge in [-0.25, -0.2) is 4.98 Å². The first-order valence-corrected chi connectivity index (χ1v) is 7.73. The highest BCUT2D eigenvalue weighted by Gasteiger charge is 2.32. The Morgan fingerprint density at radius 1 is 1.22 bits per heavy atom.